The van der Waals surface area contributed by atoms with Crippen molar-refractivity contribution < 1.29 is 9.90 Å². The number of carboxylic acids is 1. The normalized spacial score (nSPS) is 31.0. The molecule has 12 heavy (non-hydrogen) atoms. The minimum absolute atomic E-state index is 0.0986. The van der Waals surface area contributed by atoms with E-state index in [1.807, 2.05) is 19.9 Å². The van der Waals surface area contributed by atoms with Crippen molar-refractivity contribution in [2.45, 2.75) is 13.8 Å². The Morgan fingerprint density at radius 3 is 2.25 bits per heavy atom. The molecule has 0 bridgehead atoms. The van der Waals surface area contributed by atoms with Crippen LogP contribution in [-0.4, -0.2) is 11.1 Å². The van der Waals surface area contributed by atoms with Gasteiger partial charge in [0.2, 0.25) is 0 Å². The molecule has 0 spiro atoms. The van der Waals surface area contributed by atoms with Crippen molar-refractivity contribution in [2.75, 3.05) is 0 Å². The molecule has 0 aromatic carbocycles. The molecule has 68 valence electrons. The highest BCUT2D eigenvalue weighted by atomic mass is 79.9. The Bertz CT molecular complexity index is 241. The SMILES string of the molecule is CC1(C)C(C=C(Br)Br)C1C(=O)O. The van der Waals surface area contributed by atoms with E-state index in [9.17, 15) is 4.79 Å². The van der Waals surface area contributed by atoms with E-state index < -0.39 is 5.97 Å². The van der Waals surface area contributed by atoms with Gasteiger partial charge in [-0.25, -0.2) is 0 Å². The molecule has 0 radical (unpaired) electrons. The highest BCUT2D eigenvalue weighted by Gasteiger charge is 2.60. The standard InChI is InChI=1S/C8H10Br2O2/c1-8(2)4(3-5(9)10)6(8)7(11)12/h3-4,6H,1-2H3,(H,11,12). The summed E-state index contributed by atoms with van der Waals surface area (Å²) in [6.07, 6.45) is 1.90. The molecule has 1 rings (SSSR count). The molecule has 0 heterocycles. The number of halogens is 2. The van der Waals surface area contributed by atoms with Crippen molar-refractivity contribution in [3.05, 3.63) is 9.47 Å². The van der Waals surface area contributed by atoms with E-state index in [1.54, 1.807) is 0 Å². The van der Waals surface area contributed by atoms with Crippen LogP contribution in [0.4, 0.5) is 0 Å². The van der Waals surface area contributed by atoms with Gasteiger partial charge in [0.25, 0.3) is 0 Å². The van der Waals surface area contributed by atoms with E-state index in [1.165, 1.54) is 0 Å². The largest absolute Gasteiger partial charge is 0.481 e. The first-order chi connectivity index (χ1) is 5.37. The van der Waals surface area contributed by atoms with E-state index in [0.29, 0.717) is 0 Å². The summed E-state index contributed by atoms with van der Waals surface area (Å²) in [5.74, 6) is -0.797. The Labute approximate surface area is 88.3 Å². The van der Waals surface area contributed by atoms with Gasteiger partial charge in [-0.15, -0.1) is 0 Å². The fraction of sp³-hybridized carbons (Fsp3) is 0.625. The van der Waals surface area contributed by atoms with Crippen molar-refractivity contribution in [3.63, 3.8) is 0 Å². The van der Waals surface area contributed by atoms with Crippen molar-refractivity contribution in [2.24, 2.45) is 17.3 Å². The third-order valence-corrected chi connectivity index (χ3v) is 3.01. The molecule has 4 heteroatoms. The molecule has 1 aliphatic carbocycles. The lowest BCUT2D eigenvalue weighted by molar-refractivity contribution is -0.139. The van der Waals surface area contributed by atoms with Crippen molar-refractivity contribution in [3.8, 4) is 0 Å². The predicted molar refractivity (Wildman–Crippen MR) is 54.3 cm³/mol. The van der Waals surface area contributed by atoms with Crippen LogP contribution in [0.2, 0.25) is 0 Å². The van der Waals surface area contributed by atoms with Gasteiger partial charge in [-0.3, -0.25) is 4.79 Å². The Kier molecular flexibility index (Phi) is 2.69. The maximum absolute atomic E-state index is 10.7. The molecule has 2 atom stereocenters. The van der Waals surface area contributed by atoms with Crippen LogP contribution in [0.25, 0.3) is 0 Å². The highest BCUT2D eigenvalue weighted by Crippen LogP contribution is 2.59. The van der Waals surface area contributed by atoms with Gasteiger partial charge in [0.1, 0.15) is 0 Å². The molecule has 0 aromatic heterocycles. The Morgan fingerprint density at radius 2 is 2.00 bits per heavy atom. The average molecular weight is 298 g/mol. The summed E-state index contributed by atoms with van der Waals surface area (Å²) >= 11 is 6.46. The maximum atomic E-state index is 10.7. The quantitative estimate of drug-likeness (QED) is 0.851. The molecule has 1 aliphatic rings. The van der Waals surface area contributed by atoms with Crippen LogP contribution in [0.3, 0.4) is 0 Å². The Hall–Kier alpha value is 0.170. The van der Waals surface area contributed by atoms with Crippen LogP contribution in [0.15, 0.2) is 9.47 Å². The van der Waals surface area contributed by atoms with Crippen LogP contribution in [-0.2, 0) is 4.79 Å². The summed E-state index contributed by atoms with van der Waals surface area (Å²) < 4.78 is 0.830. The summed E-state index contributed by atoms with van der Waals surface area (Å²) in [5.41, 5.74) is -0.0986. The molecular weight excluding hydrogens is 288 g/mol. The molecule has 1 fully saturated rings. The van der Waals surface area contributed by atoms with Crippen molar-refractivity contribution in [1.82, 2.24) is 0 Å². The van der Waals surface area contributed by atoms with Crippen LogP contribution >= 0.6 is 31.9 Å². The van der Waals surface area contributed by atoms with Gasteiger partial charge < -0.3 is 5.11 Å². The summed E-state index contributed by atoms with van der Waals surface area (Å²) in [6.45, 7) is 3.94. The van der Waals surface area contributed by atoms with Gasteiger partial charge in [-0.05, 0) is 43.2 Å². The second kappa shape index (κ2) is 3.14. The number of aliphatic carboxylic acids is 1. The first-order valence-corrected chi connectivity index (χ1v) is 5.21. The van der Waals surface area contributed by atoms with Crippen LogP contribution in [0.1, 0.15) is 13.8 Å². The molecule has 1 saturated carbocycles. The number of rotatable bonds is 2. The lowest BCUT2D eigenvalue weighted by Gasteiger charge is -1.96. The summed E-state index contributed by atoms with van der Waals surface area (Å²) in [6, 6.07) is 0. The third-order valence-electron chi connectivity index (χ3n) is 2.48. The molecule has 0 saturated heterocycles. The summed E-state index contributed by atoms with van der Waals surface area (Å²) in [7, 11) is 0. The van der Waals surface area contributed by atoms with Crippen molar-refractivity contribution >= 4 is 37.8 Å². The predicted octanol–water partition coefficient (Wildman–Crippen LogP) is 2.97. The van der Waals surface area contributed by atoms with E-state index in [0.717, 1.165) is 3.39 Å². The Morgan fingerprint density at radius 1 is 1.50 bits per heavy atom. The number of allylic oxidation sites excluding steroid dienone is 1. The third kappa shape index (κ3) is 1.74. The van der Waals surface area contributed by atoms with Gasteiger partial charge in [0, 0.05) is 0 Å². The van der Waals surface area contributed by atoms with Gasteiger partial charge in [-0.2, -0.15) is 0 Å². The lowest BCUT2D eigenvalue weighted by Crippen LogP contribution is -2.02. The zero-order chi connectivity index (χ0) is 9.52. The first kappa shape index (κ1) is 10.3. The van der Waals surface area contributed by atoms with Crippen molar-refractivity contribution in [1.29, 1.82) is 0 Å². The van der Waals surface area contributed by atoms with Gasteiger partial charge >= 0.3 is 5.97 Å². The maximum Gasteiger partial charge on any atom is 0.307 e. The molecule has 2 unspecified atom stereocenters. The fourth-order valence-corrected chi connectivity index (χ4v) is 2.17. The molecule has 0 amide bonds. The van der Waals surface area contributed by atoms with E-state index in [2.05, 4.69) is 31.9 Å². The number of hydrogen-bond donors (Lipinski definition) is 1. The van der Waals surface area contributed by atoms with Gasteiger partial charge in [0.05, 0.1) is 9.31 Å². The van der Waals surface area contributed by atoms with E-state index >= 15 is 0 Å². The number of hydrogen-bond acceptors (Lipinski definition) is 1. The van der Waals surface area contributed by atoms with Crippen LogP contribution in [0, 0.1) is 17.3 Å². The van der Waals surface area contributed by atoms with Gasteiger partial charge in [-0.1, -0.05) is 19.9 Å². The second-order valence-corrected chi connectivity index (χ2v) is 6.39. The number of carbonyl (C=O) groups is 1. The molecule has 0 aromatic rings. The Balaban J connectivity index is 2.73. The lowest BCUT2D eigenvalue weighted by atomic mass is 10.1. The molecule has 2 nitrogen and oxygen atoms in total. The number of carboxylic acid groups (broad SMARTS) is 1. The second-order valence-electron chi connectivity index (χ2n) is 3.62. The first-order valence-electron chi connectivity index (χ1n) is 3.63. The molecular formula is C8H10Br2O2. The monoisotopic (exact) mass is 296 g/mol. The minimum Gasteiger partial charge on any atom is -0.481 e. The smallest absolute Gasteiger partial charge is 0.307 e. The highest BCUT2D eigenvalue weighted by molar-refractivity contribution is 9.28. The van der Waals surface area contributed by atoms with E-state index in [4.69, 9.17) is 5.11 Å². The summed E-state index contributed by atoms with van der Waals surface area (Å²) in [5, 5.41) is 8.81. The zero-order valence-electron chi connectivity index (χ0n) is 6.84. The van der Waals surface area contributed by atoms with Crippen LogP contribution < -0.4 is 0 Å². The average Bonchev–Trinajstić information content (AvgIpc) is 2.32. The fourth-order valence-electron chi connectivity index (χ4n) is 1.60. The summed E-state index contributed by atoms with van der Waals surface area (Å²) in [4.78, 5) is 10.7. The molecule has 0 aliphatic heterocycles. The topological polar surface area (TPSA) is 37.3 Å². The van der Waals surface area contributed by atoms with E-state index in [-0.39, 0.29) is 17.3 Å². The van der Waals surface area contributed by atoms with Gasteiger partial charge in [0.15, 0.2) is 0 Å². The minimum atomic E-state index is -0.706. The van der Waals surface area contributed by atoms with Crippen LogP contribution in [0.5, 0.6) is 0 Å². The zero-order valence-corrected chi connectivity index (χ0v) is 10.0. The molecule has 1 N–H and O–H groups in total.